The first-order valence-electron chi connectivity index (χ1n) is 16.1. The molecule has 4 atom stereocenters. The van der Waals surface area contributed by atoms with Gasteiger partial charge in [0.05, 0.1) is 29.9 Å². The van der Waals surface area contributed by atoms with Crippen molar-refractivity contribution in [2.24, 2.45) is 5.41 Å². The molecule has 3 aliphatic rings. The molecule has 1 aromatic rings. The number of likely N-dealkylation sites (N-methyl/N-ethyl adjacent to an activating group) is 1. The standard InChI is InChI=1S/C34H49Cl2N3O5S/c1-5-27(35)11-10-25(3)32-31(26-8-7-9-28(36)22-26)23-34(15-19-40,14-16-38-17-20-44-21-18-38)33(41)39(32)29(6-2)24-37(4)45(42,43)30-12-13-30/h5,7-11,22,29-32,40H,3,6,12-21,23-24H2,1-2,4H3/b11-10-,27-5+/t29-,31+,32+,34-/m0/s1. The number of amides is 1. The highest BCUT2D eigenvalue weighted by atomic mass is 35.5. The van der Waals surface area contributed by atoms with E-state index in [0.717, 1.165) is 18.7 Å². The fraction of sp³-hybridized carbons (Fsp3) is 0.618. The maximum atomic E-state index is 15.1. The maximum Gasteiger partial charge on any atom is 0.229 e. The van der Waals surface area contributed by atoms with E-state index in [-0.39, 0.29) is 30.2 Å². The monoisotopic (exact) mass is 681 g/mol. The van der Waals surface area contributed by atoms with Crippen molar-refractivity contribution < 1.29 is 23.1 Å². The van der Waals surface area contributed by atoms with Crippen LogP contribution in [0.4, 0.5) is 0 Å². The van der Waals surface area contributed by atoms with Crippen LogP contribution in [0.15, 0.2) is 59.7 Å². The topological polar surface area (TPSA) is 90.4 Å². The number of benzene rings is 1. The number of rotatable bonds is 15. The number of carbonyl (C=O) groups excluding carboxylic acids is 1. The number of ether oxygens (including phenoxy) is 1. The quantitative estimate of drug-likeness (QED) is 0.244. The van der Waals surface area contributed by atoms with Crippen LogP contribution < -0.4 is 0 Å². The van der Waals surface area contributed by atoms with E-state index in [0.29, 0.717) is 73.9 Å². The average molecular weight is 683 g/mol. The summed E-state index contributed by atoms with van der Waals surface area (Å²) >= 11 is 12.9. The molecule has 11 heteroatoms. The Bertz CT molecular complexity index is 1360. The second kappa shape index (κ2) is 15.9. The molecule has 2 aliphatic heterocycles. The van der Waals surface area contributed by atoms with E-state index in [1.807, 2.05) is 49.1 Å². The van der Waals surface area contributed by atoms with Crippen LogP contribution >= 0.6 is 23.2 Å². The average Bonchev–Trinajstić information content (AvgIpc) is 3.89. The minimum atomic E-state index is -3.47. The zero-order valence-electron chi connectivity index (χ0n) is 26.8. The number of morpholine rings is 1. The van der Waals surface area contributed by atoms with Gasteiger partial charge < -0.3 is 14.7 Å². The molecule has 1 saturated carbocycles. The van der Waals surface area contributed by atoms with E-state index in [9.17, 15) is 13.5 Å². The third-order valence-corrected chi connectivity index (χ3v) is 12.6. The Labute approximate surface area is 279 Å². The number of hydrogen-bond donors (Lipinski definition) is 1. The van der Waals surface area contributed by atoms with Crippen molar-refractivity contribution in [3.8, 4) is 0 Å². The molecule has 2 saturated heterocycles. The summed E-state index contributed by atoms with van der Waals surface area (Å²) in [4.78, 5) is 19.3. The highest BCUT2D eigenvalue weighted by Gasteiger charge is 2.54. The Morgan fingerprint density at radius 3 is 2.56 bits per heavy atom. The first-order valence-corrected chi connectivity index (χ1v) is 18.4. The van der Waals surface area contributed by atoms with Crippen molar-refractivity contribution in [2.75, 3.05) is 53.0 Å². The summed E-state index contributed by atoms with van der Waals surface area (Å²) in [6, 6.07) is 6.82. The second-order valence-electron chi connectivity index (χ2n) is 12.6. The molecular formula is C34H49Cl2N3O5S. The van der Waals surface area contributed by atoms with Gasteiger partial charge in [0.15, 0.2) is 0 Å². The minimum Gasteiger partial charge on any atom is -0.396 e. The Kier molecular flexibility index (Phi) is 12.8. The van der Waals surface area contributed by atoms with Crippen LogP contribution in [0.1, 0.15) is 63.9 Å². The molecule has 1 aromatic carbocycles. The first-order chi connectivity index (χ1) is 21.5. The summed E-state index contributed by atoms with van der Waals surface area (Å²) in [5.74, 6) is -0.276. The number of sulfonamides is 1. The van der Waals surface area contributed by atoms with E-state index in [4.69, 9.17) is 27.9 Å². The lowest BCUT2D eigenvalue weighted by Gasteiger charge is -2.54. The molecule has 0 bridgehead atoms. The molecule has 0 radical (unpaired) electrons. The van der Waals surface area contributed by atoms with Crippen molar-refractivity contribution >= 4 is 39.1 Å². The highest BCUT2D eigenvalue weighted by molar-refractivity contribution is 7.90. The van der Waals surface area contributed by atoms with E-state index in [1.165, 1.54) is 4.31 Å². The SMILES string of the molecule is C=C(/C=C\C(Cl)=C/C)[C@@H]1[C@@H](c2cccc(Cl)c2)C[C@@](CCO)(CCN2CCOCC2)C(=O)N1[C@@H](CC)CN(C)S(=O)(=O)C1CC1. The van der Waals surface area contributed by atoms with E-state index in [2.05, 4.69) is 11.5 Å². The smallest absolute Gasteiger partial charge is 0.229 e. The van der Waals surface area contributed by atoms with Gasteiger partial charge in [0.2, 0.25) is 15.9 Å². The van der Waals surface area contributed by atoms with Gasteiger partial charge in [0, 0.05) is 55.3 Å². The van der Waals surface area contributed by atoms with Crippen molar-refractivity contribution in [3.05, 3.63) is 70.3 Å². The van der Waals surface area contributed by atoms with Gasteiger partial charge in [-0.1, -0.05) is 61.0 Å². The Morgan fingerprint density at radius 2 is 1.96 bits per heavy atom. The van der Waals surface area contributed by atoms with Crippen molar-refractivity contribution in [3.63, 3.8) is 0 Å². The lowest BCUT2D eigenvalue weighted by Crippen LogP contribution is -2.63. The van der Waals surface area contributed by atoms with Crippen LogP contribution in [0, 0.1) is 5.41 Å². The molecule has 0 aromatic heterocycles. The zero-order valence-corrected chi connectivity index (χ0v) is 29.2. The molecule has 0 unspecified atom stereocenters. The number of halogens is 2. The van der Waals surface area contributed by atoms with E-state index >= 15 is 4.79 Å². The number of carbonyl (C=O) groups is 1. The van der Waals surface area contributed by atoms with Gasteiger partial charge >= 0.3 is 0 Å². The van der Waals surface area contributed by atoms with E-state index in [1.54, 1.807) is 19.2 Å². The fourth-order valence-corrected chi connectivity index (χ4v) is 8.73. The number of piperidine rings is 1. The molecule has 8 nitrogen and oxygen atoms in total. The van der Waals surface area contributed by atoms with Crippen molar-refractivity contribution in [1.82, 2.24) is 14.1 Å². The summed E-state index contributed by atoms with van der Waals surface area (Å²) in [5, 5.41) is 11.2. The molecule has 45 heavy (non-hydrogen) atoms. The normalized spacial score (nSPS) is 26.2. The molecule has 0 spiro atoms. The van der Waals surface area contributed by atoms with Crippen LogP contribution in [0.3, 0.4) is 0 Å². The molecule has 1 N–H and O–H groups in total. The Hall–Kier alpha value is -1.72. The molecule has 250 valence electrons. The van der Waals surface area contributed by atoms with Gasteiger partial charge in [0.1, 0.15) is 0 Å². The van der Waals surface area contributed by atoms with Crippen LogP contribution in [0.2, 0.25) is 5.02 Å². The maximum absolute atomic E-state index is 15.1. The molecule has 4 rings (SSSR count). The summed E-state index contributed by atoms with van der Waals surface area (Å²) in [6.07, 6.45) is 8.65. The highest BCUT2D eigenvalue weighted by Crippen LogP contribution is 2.50. The first kappa shape index (κ1) is 36.1. The Morgan fingerprint density at radius 1 is 1.24 bits per heavy atom. The van der Waals surface area contributed by atoms with Gasteiger partial charge in [-0.05, 0) is 81.3 Å². The molecular weight excluding hydrogens is 633 g/mol. The molecule has 2 heterocycles. The molecule has 3 fully saturated rings. The summed E-state index contributed by atoms with van der Waals surface area (Å²) in [5.41, 5.74) is 0.799. The number of nitrogens with zero attached hydrogens (tertiary/aromatic N) is 3. The van der Waals surface area contributed by atoms with Gasteiger partial charge in [-0.25, -0.2) is 12.7 Å². The number of aliphatic hydroxyl groups excluding tert-OH is 1. The van der Waals surface area contributed by atoms with Gasteiger partial charge in [-0.15, -0.1) is 0 Å². The zero-order chi connectivity index (χ0) is 32.8. The van der Waals surface area contributed by atoms with Crippen LogP contribution in [0.5, 0.6) is 0 Å². The number of allylic oxidation sites excluding steroid dienone is 3. The summed E-state index contributed by atoms with van der Waals surface area (Å²) in [7, 11) is -1.85. The lowest BCUT2D eigenvalue weighted by atomic mass is 9.64. The third-order valence-electron chi connectivity index (χ3n) is 9.68. The van der Waals surface area contributed by atoms with Crippen LogP contribution in [0.25, 0.3) is 0 Å². The predicted octanol–water partition coefficient (Wildman–Crippen LogP) is 5.57. The van der Waals surface area contributed by atoms with Crippen molar-refractivity contribution in [1.29, 1.82) is 0 Å². The number of hydrogen-bond acceptors (Lipinski definition) is 6. The van der Waals surface area contributed by atoms with Crippen molar-refractivity contribution in [2.45, 2.75) is 75.6 Å². The van der Waals surface area contributed by atoms with Gasteiger partial charge in [-0.2, -0.15) is 0 Å². The minimum absolute atomic E-state index is 0.0659. The second-order valence-corrected chi connectivity index (χ2v) is 15.8. The summed E-state index contributed by atoms with van der Waals surface area (Å²) < 4.78 is 33.5. The summed E-state index contributed by atoms with van der Waals surface area (Å²) in [6.45, 7) is 11.9. The van der Waals surface area contributed by atoms with Crippen LogP contribution in [-0.4, -0.2) is 104 Å². The predicted molar refractivity (Wildman–Crippen MR) is 182 cm³/mol. The third kappa shape index (κ3) is 8.61. The van der Waals surface area contributed by atoms with Gasteiger partial charge in [-0.3, -0.25) is 9.69 Å². The molecule has 1 aliphatic carbocycles. The number of likely N-dealkylation sites (tertiary alicyclic amines) is 1. The van der Waals surface area contributed by atoms with Gasteiger partial charge in [0.25, 0.3) is 0 Å². The fourth-order valence-electron chi connectivity index (χ4n) is 6.85. The largest absolute Gasteiger partial charge is 0.396 e. The lowest BCUT2D eigenvalue weighted by molar-refractivity contribution is -0.156. The Balaban J connectivity index is 1.83. The van der Waals surface area contributed by atoms with E-state index < -0.39 is 27.5 Å². The number of aliphatic hydroxyl groups is 1. The molecule has 1 amide bonds. The van der Waals surface area contributed by atoms with Crippen LogP contribution in [-0.2, 0) is 19.6 Å².